The maximum absolute atomic E-state index is 10.6. The molecule has 12 nitrogen and oxygen atoms in total. The molecule has 0 aliphatic carbocycles. The van der Waals surface area contributed by atoms with Crippen molar-refractivity contribution in [3.63, 3.8) is 0 Å². The van der Waals surface area contributed by atoms with Gasteiger partial charge in [0.2, 0.25) is 0 Å². The van der Waals surface area contributed by atoms with Crippen molar-refractivity contribution in [3.8, 4) is 0 Å². The third-order valence-electron chi connectivity index (χ3n) is 4.64. The standard InChI is InChI=1S/C14H28N2O10/c1-23-13-8(16-4-19)11(22)12(6(3-18)25-13)26-14-10(21)7(15)9(20)5(2-17)24-14/h5-14,16-22H,2-4,15H2,1H3. The van der Waals surface area contributed by atoms with Crippen LogP contribution in [0, 0.1) is 0 Å². The third kappa shape index (κ3) is 4.32. The van der Waals surface area contributed by atoms with E-state index in [1.807, 2.05) is 0 Å². The van der Waals surface area contributed by atoms with Crippen LogP contribution in [0.5, 0.6) is 0 Å². The minimum absolute atomic E-state index is 0.479. The Labute approximate surface area is 150 Å². The first-order valence-corrected chi connectivity index (χ1v) is 8.24. The van der Waals surface area contributed by atoms with Gasteiger partial charge in [0.05, 0.1) is 32.0 Å². The van der Waals surface area contributed by atoms with Crippen molar-refractivity contribution in [2.24, 2.45) is 5.73 Å². The Morgan fingerprint density at radius 3 is 2.08 bits per heavy atom. The van der Waals surface area contributed by atoms with Gasteiger partial charge in [0, 0.05) is 7.11 Å². The predicted molar refractivity (Wildman–Crippen MR) is 83.4 cm³/mol. The van der Waals surface area contributed by atoms with Gasteiger partial charge < -0.3 is 55.3 Å². The largest absolute Gasteiger partial charge is 0.394 e. The molecule has 0 aromatic carbocycles. The number of ether oxygens (including phenoxy) is 4. The summed E-state index contributed by atoms with van der Waals surface area (Å²) in [5.41, 5.74) is 5.72. The van der Waals surface area contributed by atoms with Crippen LogP contribution < -0.4 is 11.1 Å². The lowest BCUT2D eigenvalue weighted by molar-refractivity contribution is -0.336. The molecule has 0 amide bonds. The molecule has 0 aromatic rings. The Morgan fingerprint density at radius 2 is 1.54 bits per heavy atom. The maximum atomic E-state index is 10.6. The molecule has 2 rings (SSSR count). The number of hydrogen-bond acceptors (Lipinski definition) is 12. The molecule has 2 aliphatic heterocycles. The van der Waals surface area contributed by atoms with E-state index in [0.717, 1.165) is 0 Å². The van der Waals surface area contributed by atoms with Crippen molar-refractivity contribution in [1.29, 1.82) is 0 Å². The van der Waals surface area contributed by atoms with E-state index in [4.69, 9.17) is 29.8 Å². The third-order valence-corrected chi connectivity index (χ3v) is 4.64. The second-order valence-corrected chi connectivity index (χ2v) is 6.22. The highest BCUT2D eigenvalue weighted by Gasteiger charge is 2.50. The lowest BCUT2D eigenvalue weighted by Crippen LogP contribution is -2.68. The summed E-state index contributed by atoms with van der Waals surface area (Å²) in [7, 11) is 1.33. The second-order valence-electron chi connectivity index (χ2n) is 6.22. The maximum Gasteiger partial charge on any atom is 0.186 e. The number of hydrogen-bond donors (Lipinski definition) is 8. The molecule has 0 aromatic heterocycles. The van der Waals surface area contributed by atoms with E-state index >= 15 is 0 Å². The molecular weight excluding hydrogens is 356 g/mol. The van der Waals surface area contributed by atoms with E-state index in [1.54, 1.807) is 0 Å². The number of methoxy groups -OCH3 is 1. The fourth-order valence-corrected chi connectivity index (χ4v) is 3.14. The van der Waals surface area contributed by atoms with E-state index < -0.39 is 81.2 Å². The van der Waals surface area contributed by atoms with E-state index in [1.165, 1.54) is 7.11 Å². The second kappa shape index (κ2) is 9.64. The first-order chi connectivity index (χ1) is 12.4. The molecule has 2 heterocycles. The van der Waals surface area contributed by atoms with Crippen LogP contribution in [-0.4, -0.2) is 119 Å². The Bertz CT molecular complexity index is 431. The van der Waals surface area contributed by atoms with Gasteiger partial charge in [-0.05, 0) is 0 Å². The molecule has 0 saturated carbocycles. The summed E-state index contributed by atoms with van der Waals surface area (Å²) < 4.78 is 21.5. The van der Waals surface area contributed by atoms with Crippen LogP contribution in [0.2, 0.25) is 0 Å². The number of nitrogens with one attached hydrogen (secondary N) is 1. The van der Waals surface area contributed by atoms with Gasteiger partial charge in [-0.2, -0.15) is 0 Å². The first-order valence-electron chi connectivity index (χ1n) is 8.24. The van der Waals surface area contributed by atoms with Gasteiger partial charge in [-0.3, -0.25) is 5.32 Å². The van der Waals surface area contributed by atoms with Gasteiger partial charge in [0.15, 0.2) is 12.6 Å². The summed E-state index contributed by atoms with van der Waals surface area (Å²) in [4.78, 5) is 0. The molecular formula is C14H28N2O10. The molecule has 0 radical (unpaired) electrons. The fourth-order valence-electron chi connectivity index (χ4n) is 3.14. The molecule has 12 heteroatoms. The molecule has 9 N–H and O–H groups in total. The molecule has 10 unspecified atom stereocenters. The average molecular weight is 384 g/mol. The highest BCUT2D eigenvalue weighted by Crippen LogP contribution is 2.28. The van der Waals surface area contributed by atoms with Crippen LogP contribution in [0.3, 0.4) is 0 Å². The van der Waals surface area contributed by atoms with E-state index in [2.05, 4.69) is 5.32 Å². The number of aliphatic hydroxyl groups is 6. The van der Waals surface area contributed by atoms with Gasteiger partial charge in [-0.1, -0.05) is 0 Å². The first kappa shape index (κ1) is 21.8. The number of aliphatic hydroxyl groups excluding tert-OH is 6. The molecule has 0 bridgehead atoms. The van der Waals surface area contributed by atoms with Crippen molar-refractivity contribution < 1.29 is 49.6 Å². The van der Waals surface area contributed by atoms with Crippen LogP contribution in [0.25, 0.3) is 0 Å². The van der Waals surface area contributed by atoms with E-state index in [-0.39, 0.29) is 0 Å². The molecule has 2 saturated heterocycles. The summed E-state index contributed by atoms with van der Waals surface area (Å²) in [5.74, 6) is 0. The summed E-state index contributed by atoms with van der Waals surface area (Å²) >= 11 is 0. The van der Waals surface area contributed by atoms with Gasteiger partial charge >= 0.3 is 0 Å². The lowest BCUT2D eigenvalue weighted by atomic mass is 9.95. The van der Waals surface area contributed by atoms with Crippen molar-refractivity contribution in [2.75, 3.05) is 27.1 Å². The summed E-state index contributed by atoms with van der Waals surface area (Å²) in [5, 5.41) is 61.1. The zero-order valence-corrected chi connectivity index (χ0v) is 14.3. The molecule has 154 valence electrons. The van der Waals surface area contributed by atoms with Gasteiger partial charge in [0.1, 0.15) is 36.6 Å². The molecule has 10 atom stereocenters. The predicted octanol–water partition coefficient (Wildman–Crippen LogP) is -5.23. The molecule has 2 fully saturated rings. The van der Waals surface area contributed by atoms with Crippen molar-refractivity contribution in [2.45, 2.75) is 61.3 Å². The van der Waals surface area contributed by atoms with E-state index in [0.29, 0.717) is 0 Å². The quantitative estimate of drug-likeness (QED) is 0.194. The van der Waals surface area contributed by atoms with E-state index in [9.17, 15) is 25.5 Å². The highest BCUT2D eigenvalue weighted by atomic mass is 16.7. The summed E-state index contributed by atoms with van der Waals surface area (Å²) in [6.07, 6.45) is -9.75. The number of rotatable bonds is 7. The Morgan fingerprint density at radius 1 is 0.923 bits per heavy atom. The SMILES string of the molecule is COC1OC(CO)C(OC2OC(CO)C(O)C(N)C2O)C(O)C1NCO. The Hall–Kier alpha value is -0.480. The topological polar surface area (TPSA) is 196 Å². The van der Waals surface area contributed by atoms with Crippen molar-refractivity contribution in [1.82, 2.24) is 5.32 Å². The van der Waals surface area contributed by atoms with Crippen LogP contribution >= 0.6 is 0 Å². The average Bonchev–Trinajstić information content (AvgIpc) is 2.65. The summed E-state index contributed by atoms with van der Waals surface area (Å²) in [6.45, 7) is -1.57. The van der Waals surface area contributed by atoms with Crippen molar-refractivity contribution in [3.05, 3.63) is 0 Å². The zero-order chi connectivity index (χ0) is 19.4. The Balaban J connectivity index is 2.16. The minimum atomic E-state index is -1.45. The van der Waals surface area contributed by atoms with Crippen LogP contribution in [0.15, 0.2) is 0 Å². The molecule has 0 spiro atoms. The molecule has 26 heavy (non-hydrogen) atoms. The monoisotopic (exact) mass is 384 g/mol. The van der Waals surface area contributed by atoms with Crippen LogP contribution in [0.4, 0.5) is 0 Å². The summed E-state index contributed by atoms with van der Waals surface area (Å²) in [6, 6.07) is -2.05. The van der Waals surface area contributed by atoms with Gasteiger partial charge in [-0.25, -0.2) is 0 Å². The Kier molecular flexibility index (Phi) is 8.08. The zero-order valence-electron chi connectivity index (χ0n) is 14.3. The highest BCUT2D eigenvalue weighted by molar-refractivity contribution is 4.97. The number of nitrogens with two attached hydrogens (primary N) is 1. The van der Waals surface area contributed by atoms with Crippen molar-refractivity contribution >= 4 is 0 Å². The normalized spacial score (nSPS) is 47.1. The van der Waals surface area contributed by atoms with Crippen LogP contribution in [-0.2, 0) is 18.9 Å². The minimum Gasteiger partial charge on any atom is -0.394 e. The lowest BCUT2D eigenvalue weighted by Gasteiger charge is -2.47. The smallest absolute Gasteiger partial charge is 0.186 e. The van der Waals surface area contributed by atoms with Gasteiger partial charge in [-0.15, -0.1) is 0 Å². The molecule has 2 aliphatic rings. The van der Waals surface area contributed by atoms with Gasteiger partial charge in [0.25, 0.3) is 0 Å². The fraction of sp³-hybridized carbons (Fsp3) is 1.00. The van der Waals surface area contributed by atoms with Crippen LogP contribution in [0.1, 0.15) is 0 Å².